The van der Waals surface area contributed by atoms with Gasteiger partial charge in [0.15, 0.2) is 0 Å². The topological polar surface area (TPSA) is 56.7 Å². The standard InChI is InChI=1S/C20H23N3O2/c24-19-11-17(12-21-13-19)20(25)22-9-6-18(7-10-22)23-8-5-15-3-1-2-4-16(15)14-23/h1-4,11-13,18,24H,5-10,14H2. The molecule has 2 aliphatic heterocycles. The van der Waals surface area contributed by atoms with Crippen LogP contribution in [-0.2, 0) is 13.0 Å². The summed E-state index contributed by atoms with van der Waals surface area (Å²) in [5.74, 6) is -0.00134. The Morgan fingerprint density at radius 2 is 1.84 bits per heavy atom. The fourth-order valence-electron chi connectivity index (χ4n) is 3.99. The third kappa shape index (κ3) is 3.37. The van der Waals surface area contributed by atoms with Gasteiger partial charge in [-0.2, -0.15) is 0 Å². The highest BCUT2D eigenvalue weighted by atomic mass is 16.3. The van der Waals surface area contributed by atoms with Gasteiger partial charge >= 0.3 is 0 Å². The van der Waals surface area contributed by atoms with Crippen LogP contribution in [0.2, 0.25) is 0 Å². The maximum Gasteiger partial charge on any atom is 0.255 e. The van der Waals surface area contributed by atoms with Crippen LogP contribution in [0.5, 0.6) is 5.75 Å². The maximum atomic E-state index is 12.6. The number of aromatic hydroxyl groups is 1. The molecule has 5 nitrogen and oxygen atoms in total. The summed E-state index contributed by atoms with van der Waals surface area (Å²) in [5, 5.41) is 9.51. The van der Waals surface area contributed by atoms with E-state index in [0.717, 1.165) is 45.4 Å². The molecule has 1 aromatic carbocycles. The summed E-state index contributed by atoms with van der Waals surface area (Å²) < 4.78 is 0. The normalized spacial score (nSPS) is 18.8. The summed E-state index contributed by atoms with van der Waals surface area (Å²) in [6, 6.07) is 10.7. The molecule has 4 rings (SSSR count). The van der Waals surface area contributed by atoms with Crippen molar-refractivity contribution in [3.8, 4) is 5.75 Å². The van der Waals surface area contributed by atoms with Gasteiger partial charge in [-0.25, -0.2) is 0 Å². The Morgan fingerprint density at radius 1 is 1.08 bits per heavy atom. The van der Waals surface area contributed by atoms with Crippen LogP contribution in [0, 0.1) is 0 Å². The molecular formula is C20H23N3O2. The minimum Gasteiger partial charge on any atom is -0.506 e. The molecule has 0 bridgehead atoms. The average Bonchev–Trinajstić information content (AvgIpc) is 2.67. The number of piperidine rings is 1. The summed E-state index contributed by atoms with van der Waals surface area (Å²) in [5.41, 5.74) is 3.38. The third-order valence-corrected chi connectivity index (χ3v) is 5.40. The van der Waals surface area contributed by atoms with Crippen LogP contribution in [0.15, 0.2) is 42.7 Å². The second-order valence-electron chi connectivity index (χ2n) is 6.94. The number of rotatable bonds is 2. The Morgan fingerprint density at radius 3 is 2.60 bits per heavy atom. The van der Waals surface area contributed by atoms with Crippen LogP contribution in [0.3, 0.4) is 0 Å². The minimum atomic E-state index is -0.0363. The lowest BCUT2D eigenvalue weighted by Gasteiger charge is -2.40. The molecule has 25 heavy (non-hydrogen) atoms. The summed E-state index contributed by atoms with van der Waals surface area (Å²) in [6.45, 7) is 3.64. The molecule has 1 amide bonds. The summed E-state index contributed by atoms with van der Waals surface area (Å²) in [7, 11) is 0. The maximum absolute atomic E-state index is 12.6. The predicted octanol–water partition coefficient (Wildman–Crippen LogP) is 2.45. The van der Waals surface area contributed by atoms with E-state index in [9.17, 15) is 9.90 Å². The number of hydrogen-bond donors (Lipinski definition) is 1. The van der Waals surface area contributed by atoms with Crippen molar-refractivity contribution >= 4 is 5.91 Å². The lowest BCUT2D eigenvalue weighted by Crippen LogP contribution is -2.48. The highest BCUT2D eigenvalue weighted by molar-refractivity contribution is 5.94. The molecule has 2 aromatic rings. The molecule has 0 atom stereocenters. The summed E-state index contributed by atoms with van der Waals surface area (Å²) >= 11 is 0. The van der Waals surface area contributed by atoms with Gasteiger partial charge in [0, 0.05) is 38.4 Å². The zero-order valence-electron chi connectivity index (χ0n) is 14.3. The van der Waals surface area contributed by atoms with Crippen LogP contribution in [0.1, 0.15) is 34.3 Å². The number of carbonyl (C=O) groups excluding carboxylic acids is 1. The first-order valence-corrected chi connectivity index (χ1v) is 8.95. The molecule has 0 aliphatic carbocycles. The molecule has 0 radical (unpaired) electrons. The molecule has 0 saturated carbocycles. The fourth-order valence-corrected chi connectivity index (χ4v) is 3.99. The lowest BCUT2D eigenvalue weighted by molar-refractivity contribution is 0.0598. The number of hydrogen-bond acceptors (Lipinski definition) is 4. The Balaban J connectivity index is 1.37. The van der Waals surface area contributed by atoms with Crippen molar-refractivity contribution in [2.45, 2.75) is 31.8 Å². The van der Waals surface area contributed by atoms with E-state index in [-0.39, 0.29) is 11.7 Å². The minimum absolute atomic E-state index is 0.0349. The van der Waals surface area contributed by atoms with E-state index in [0.29, 0.717) is 11.6 Å². The van der Waals surface area contributed by atoms with E-state index in [1.165, 1.54) is 29.6 Å². The zero-order chi connectivity index (χ0) is 17.2. The van der Waals surface area contributed by atoms with E-state index in [2.05, 4.69) is 34.1 Å². The number of likely N-dealkylation sites (tertiary alicyclic amines) is 1. The van der Waals surface area contributed by atoms with Gasteiger partial charge in [-0.3, -0.25) is 14.7 Å². The largest absolute Gasteiger partial charge is 0.506 e. The molecular weight excluding hydrogens is 314 g/mol. The molecule has 1 aromatic heterocycles. The van der Waals surface area contributed by atoms with E-state index >= 15 is 0 Å². The van der Waals surface area contributed by atoms with Crippen molar-refractivity contribution in [1.82, 2.24) is 14.8 Å². The van der Waals surface area contributed by atoms with Crippen LogP contribution < -0.4 is 0 Å². The van der Waals surface area contributed by atoms with Gasteiger partial charge in [0.25, 0.3) is 5.91 Å². The molecule has 3 heterocycles. The number of aromatic nitrogens is 1. The van der Waals surface area contributed by atoms with E-state index in [1.807, 2.05) is 4.90 Å². The molecule has 2 aliphatic rings. The third-order valence-electron chi connectivity index (χ3n) is 5.40. The number of pyridine rings is 1. The fraction of sp³-hybridized carbons (Fsp3) is 0.400. The Labute approximate surface area is 147 Å². The van der Waals surface area contributed by atoms with Gasteiger partial charge in [0.2, 0.25) is 0 Å². The van der Waals surface area contributed by atoms with Crippen molar-refractivity contribution < 1.29 is 9.90 Å². The molecule has 0 spiro atoms. The van der Waals surface area contributed by atoms with Crippen LogP contribution in [0.25, 0.3) is 0 Å². The van der Waals surface area contributed by atoms with Gasteiger partial charge in [-0.05, 0) is 36.5 Å². The Kier molecular flexibility index (Phi) is 4.40. The van der Waals surface area contributed by atoms with Gasteiger partial charge in [0.1, 0.15) is 5.75 Å². The zero-order valence-corrected chi connectivity index (χ0v) is 14.3. The molecule has 0 unspecified atom stereocenters. The number of benzene rings is 1. The molecule has 1 saturated heterocycles. The quantitative estimate of drug-likeness (QED) is 0.914. The molecule has 1 N–H and O–H groups in total. The van der Waals surface area contributed by atoms with E-state index in [1.54, 1.807) is 0 Å². The second-order valence-corrected chi connectivity index (χ2v) is 6.94. The van der Waals surface area contributed by atoms with Crippen molar-refractivity contribution in [3.63, 3.8) is 0 Å². The highest BCUT2D eigenvalue weighted by Crippen LogP contribution is 2.25. The van der Waals surface area contributed by atoms with E-state index in [4.69, 9.17) is 0 Å². The number of amides is 1. The molecule has 5 heteroatoms. The monoisotopic (exact) mass is 337 g/mol. The first kappa shape index (κ1) is 16.1. The van der Waals surface area contributed by atoms with Crippen LogP contribution >= 0.6 is 0 Å². The SMILES string of the molecule is O=C(c1cncc(O)c1)N1CCC(N2CCc3ccccc3C2)CC1. The first-order chi connectivity index (χ1) is 12.2. The highest BCUT2D eigenvalue weighted by Gasteiger charge is 2.29. The molecule has 130 valence electrons. The van der Waals surface area contributed by atoms with Crippen molar-refractivity contribution in [3.05, 3.63) is 59.4 Å². The van der Waals surface area contributed by atoms with Gasteiger partial charge < -0.3 is 10.0 Å². The first-order valence-electron chi connectivity index (χ1n) is 8.95. The van der Waals surface area contributed by atoms with E-state index < -0.39 is 0 Å². The lowest BCUT2D eigenvalue weighted by atomic mass is 9.95. The van der Waals surface area contributed by atoms with Gasteiger partial charge in [0.05, 0.1) is 11.8 Å². The summed E-state index contributed by atoms with van der Waals surface area (Å²) in [4.78, 5) is 20.9. The number of nitrogens with zero attached hydrogens (tertiary/aromatic N) is 3. The van der Waals surface area contributed by atoms with Crippen molar-refractivity contribution in [2.75, 3.05) is 19.6 Å². The Hall–Kier alpha value is -2.40. The number of carbonyl (C=O) groups is 1. The average molecular weight is 337 g/mol. The summed E-state index contributed by atoms with van der Waals surface area (Å²) in [6.07, 6.45) is 5.98. The second kappa shape index (κ2) is 6.84. The van der Waals surface area contributed by atoms with Gasteiger partial charge in [-0.15, -0.1) is 0 Å². The van der Waals surface area contributed by atoms with Crippen LogP contribution in [0.4, 0.5) is 0 Å². The number of fused-ring (bicyclic) bond motifs is 1. The van der Waals surface area contributed by atoms with Gasteiger partial charge in [-0.1, -0.05) is 24.3 Å². The smallest absolute Gasteiger partial charge is 0.255 e. The molecule has 1 fully saturated rings. The van der Waals surface area contributed by atoms with Crippen LogP contribution in [-0.4, -0.2) is 51.5 Å². The van der Waals surface area contributed by atoms with Crippen molar-refractivity contribution in [2.24, 2.45) is 0 Å². The predicted molar refractivity (Wildman–Crippen MR) is 95.4 cm³/mol. The Bertz CT molecular complexity index is 769. The van der Waals surface area contributed by atoms with Crippen molar-refractivity contribution in [1.29, 1.82) is 0 Å².